The third-order valence-electron chi connectivity index (χ3n) is 4.53. The van der Waals surface area contributed by atoms with Gasteiger partial charge in [-0.25, -0.2) is 0 Å². The average molecular weight is 240 g/mol. The van der Waals surface area contributed by atoms with Gasteiger partial charge in [0.25, 0.3) is 0 Å². The van der Waals surface area contributed by atoms with Gasteiger partial charge in [0, 0.05) is 23.0 Å². The monoisotopic (exact) mass is 240 g/mol. The Morgan fingerprint density at radius 3 is 3.06 bits per heavy atom. The maximum absolute atomic E-state index is 11.9. The van der Waals surface area contributed by atoms with Gasteiger partial charge in [-0.15, -0.1) is 0 Å². The molecule has 18 heavy (non-hydrogen) atoms. The number of H-pyrrole nitrogens is 1. The van der Waals surface area contributed by atoms with Crippen molar-refractivity contribution in [3.8, 4) is 0 Å². The third-order valence-corrected chi connectivity index (χ3v) is 4.53. The van der Waals surface area contributed by atoms with Crippen molar-refractivity contribution >= 4 is 16.7 Å². The largest absolute Gasteiger partial charge is 0.357 e. The molecule has 2 aliphatic rings. The predicted octanol–water partition coefficient (Wildman–Crippen LogP) is 2.26. The molecule has 2 aliphatic heterocycles. The van der Waals surface area contributed by atoms with Crippen LogP contribution < -0.4 is 5.32 Å². The molecule has 2 bridgehead atoms. The van der Waals surface area contributed by atoms with Crippen molar-refractivity contribution in [1.29, 1.82) is 0 Å². The lowest BCUT2D eigenvalue weighted by molar-refractivity contribution is -0.124. The Hall–Kier alpha value is -1.61. The number of fused-ring (bicyclic) bond motifs is 6. The van der Waals surface area contributed by atoms with E-state index in [2.05, 4.69) is 41.5 Å². The van der Waals surface area contributed by atoms with E-state index >= 15 is 0 Å². The number of nitrogens with one attached hydrogen (secondary N) is 2. The predicted molar refractivity (Wildman–Crippen MR) is 70.5 cm³/mol. The highest BCUT2D eigenvalue weighted by molar-refractivity contribution is 5.90. The number of Topliss-reactive ketones (excluding diaryl/α,β-unsaturated/α-hetero) is 1. The van der Waals surface area contributed by atoms with Crippen LogP contribution in [-0.4, -0.2) is 16.8 Å². The van der Waals surface area contributed by atoms with Gasteiger partial charge in [0.15, 0.2) is 0 Å². The number of piperidine rings is 1. The molecule has 1 aromatic heterocycles. The van der Waals surface area contributed by atoms with Gasteiger partial charge in [0.1, 0.15) is 5.78 Å². The van der Waals surface area contributed by atoms with Crippen LogP contribution in [0.2, 0.25) is 0 Å². The quantitative estimate of drug-likeness (QED) is 0.742. The van der Waals surface area contributed by atoms with Gasteiger partial charge in [-0.2, -0.15) is 0 Å². The number of carbonyl (C=O) groups is 1. The van der Waals surface area contributed by atoms with Gasteiger partial charge in [-0.1, -0.05) is 18.2 Å². The fourth-order valence-electron chi connectivity index (χ4n) is 3.53. The van der Waals surface area contributed by atoms with Crippen LogP contribution in [0.4, 0.5) is 0 Å². The number of rotatable bonds is 0. The zero-order valence-electron chi connectivity index (χ0n) is 10.4. The van der Waals surface area contributed by atoms with Crippen LogP contribution in [0.3, 0.4) is 0 Å². The van der Waals surface area contributed by atoms with E-state index in [9.17, 15) is 4.79 Å². The second-order valence-electron chi connectivity index (χ2n) is 5.72. The van der Waals surface area contributed by atoms with Crippen LogP contribution in [0.25, 0.3) is 10.9 Å². The Balaban J connectivity index is 2.00. The number of hydrogen-bond acceptors (Lipinski definition) is 2. The Labute approximate surface area is 106 Å². The van der Waals surface area contributed by atoms with Crippen molar-refractivity contribution in [3.05, 3.63) is 35.5 Å². The maximum Gasteiger partial charge on any atom is 0.150 e. The summed E-state index contributed by atoms with van der Waals surface area (Å²) in [4.78, 5) is 15.5. The lowest BCUT2D eigenvalue weighted by atomic mass is 9.76. The highest BCUT2D eigenvalue weighted by Gasteiger charge is 2.44. The second kappa shape index (κ2) is 3.23. The lowest BCUT2D eigenvalue weighted by Gasteiger charge is -2.43. The van der Waals surface area contributed by atoms with Gasteiger partial charge in [-0.3, -0.25) is 10.1 Å². The highest BCUT2D eigenvalue weighted by atomic mass is 16.1. The molecule has 0 aliphatic carbocycles. The van der Waals surface area contributed by atoms with Crippen molar-refractivity contribution < 1.29 is 4.79 Å². The van der Waals surface area contributed by atoms with E-state index in [-0.39, 0.29) is 11.6 Å². The Morgan fingerprint density at radius 2 is 2.17 bits per heavy atom. The van der Waals surface area contributed by atoms with Crippen molar-refractivity contribution in [2.45, 2.75) is 37.8 Å². The molecule has 0 spiro atoms. The average Bonchev–Trinajstić information content (AvgIpc) is 2.75. The molecule has 3 heteroatoms. The number of ketones is 1. The maximum atomic E-state index is 11.9. The van der Waals surface area contributed by atoms with E-state index in [1.165, 1.54) is 22.2 Å². The Morgan fingerprint density at radius 1 is 1.33 bits per heavy atom. The molecule has 2 atom stereocenters. The van der Waals surface area contributed by atoms with Gasteiger partial charge >= 0.3 is 0 Å². The molecular weight excluding hydrogens is 224 g/mol. The summed E-state index contributed by atoms with van der Waals surface area (Å²) in [5.74, 6) is 0.364. The smallest absolute Gasteiger partial charge is 0.150 e. The molecular formula is C15H16N2O. The van der Waals surface area contributed by atoms with E-state index in [1.54, 1.807) is 0 Å². The van der Waals surface area contributed by atoms with E-state index in [4.69, 9.17) is 0 Å². The summed E-state index contributed by atoms with van der Waals surface area (Å²) < 4.78 is 0. The number of hydrogen-bond donors (Lipinski definition) is 2. The molecule has 2 aromatic rings. The van der Waals surface area contributed by atoms with Crippen LogP contribution in [0.5, 0.6) is 0 Å². The molecule has 1 fully saturated rings. The van der Waals surface area contributed by atoms with Crippen LogP contribution in [-0.2, 0) is 16.8 Å². The summed E-state index contributed by atoms with van der Waals surface area (Å²) in [6.07, 6.45) is 2.42. The summed E-state index contributed by atoms with van der Waals surface area (Å²) in [5, 5.41) is 4.79. The van der Waals surface area contributed by atoms with Crippen LogP contribution in [0.15, 0.2) is 24.3 Å². The third kappa shape index (κ3) is 1.20. The summed E-state index contributed by atoms with van der Waals surface area (Å²) in [6.45, 7) is 2.21. The molecule has 2 N–H and O–H groups in total. The molecule has 1 aromatic carbocycles. The normalized spacial score (nSPS) is 30.5. The SMILES string of the molecule is C[C@]12CCC(=O)[C@H](Cc3c1[nH]c1ccccc31)N2. The molecule has 0 unspecified atom stereocenters. The minimum Gasteiger partial charge on any atom is -0.357 e. The Bertz CT molecular complexity index is 658. The van der Waals surface area contributed by atoms with Gasteiger partial charge < -0.3 is 4.98 Å². The van der Waals surface area contributed by atoms with E-state index in [1.807, 2.05) is 0 Å². The second-order valence-corrected chi connectivity index (χ2v) is 5.72. The van der Waals surface area contributed by atoms with Crippen molar-refractivity contribution in [3.63, 3.8) is 0 Å². The number of para-hydroxylation sites is 1. The summed E-state index contributed by atoms with van der Waals surface area (Å²) in [6, 6.07) is 8.40. The fraction of sp³-hybridized carbons (Fsp3) is 0.400. The molecule has 92 valence electrons. The fourth-order valence-corrected chi connectivity index (χ4v) is 3.53. The standard InChI is InChI=1S/C15H16N2O/c1-15-7-6-13(18)12(17-15)8-10-9-4-2-3-5-11(9)16-14(10)15/h2-5,12,16-17H,6-8H2,1H3/t12-,15-/m0/s1. The topological polar surface area (TPSA) is 44.9 Å². The first-order chi connectivity index (χ1) is 8.67. The summed E-state index contributed by atoms with van der Waals surface area (Å²) in [7, 11) is 0. The first-order valence-corrected chi connectivity index (χ1v) is 6.58. The molecule has 0 saturated carbocycles. The number of carbonyl (C=O) groups excluding carboxylic acids is 1. The minimum atomic E-state index is -0.0643. The zero-order valence-corrected chi connectivity index (χ0v) is 10.4. The van der Waals surface area contributed by atoms with Gasteiger partial charge in [-0.05, 0) is 31.4 Å². The van der Waals surface area contributed by atoms with Crippen LogP contribution in [0, 0.1) is 0 Å². The molecule has 0 radical (unpaired) electrons. The number of aromatic nitrogens is 1. The van der Waals surface area contributed by atoms with Crippen molar-refractivity contribution in [1.82, 2.24) is 10.3 Å². The zero-order chi connectivity index (χ0) is 12.3. The van der Waals surface area contributed by atoms with Crippen LogP contribution >= 0.6 is 0 Å². The van der Waals surface area contributed by atoms with E-state index in [0.29, 0.717) is 12.2 Å². The molecule has 1 saturated heterocycles. The van der Waals surface area contributed by atoms with E-state index < -0.39 is 0 Å². The summed E-state index contributed by atoms with van der Waals surface area (Å²) >= 11 is 0. The lowest BCUT2D eigenvalue weighted by Crippen LogP contribution is -2.58. The van der Waals surface area contributed by atoms with Crippen molar-refractivity contribution in [2.24, 2.45) is 0 Å². The first-order valence-electron chi connectivity index (χ1n) is 6.58. The molecule has 3 nitrogen and oxygen atoms in total. The van der Waals surface area contributed by atoms with Crippen LogP contribution in [0.1, 0.15) is 31.0 Å². The minimum absolute atomic E-state index is 0.00968. The number of aromatic amines is 1. The van der Waals surface area contributed by atoms with Gasteiger partial charge in [0.05, 0.1) is 11.6 Å². The first kappa shape index (κ1) is 10.3. The number of benzene rings is 1. The summed E-state index contributed by atoms with van der Waals surface area (Å²) in [5.41, 5.74) is 3.74. The molecule has 3 heterocycles. The molecule has 0 amide bonds. The van der Waals surface area contributed by atoms with Crippen molar-refractivity contribution in [2.75, 3.05) is 0 Å². The Kier molecular flexibility index (Phi) is 1.86. The highest BCUT2D eigenvalue weighted by Crippen LogP contribution is 2.40. The molecule has 4 rings (SSSR count). The van der Waals surface area contributed by atoms with E-state index in [0.717, 1.165) is 12.8 Å². The van der Waals surface area contributed by atoms with Gasteiger partial charge in [0.2, 0.25) is 0 Å².